The van der Waals surface area contributed by atoms with E-state index in [1.807, 2.05) is 41.3 Å². The van der Waals surface area contributed by atoms with Gasteiger partial charge in [0.15, 0.2) is 11.5 Å². The molecule has 45 heavy (non-hydrogen) atoms. The van der Waals surface area contributed by atoms with Gasteiger partial charge in [0.2, 0.25) is 6.79 Å². The molecule has 1 N–H and O–H groups in total. The third-order valence-corrected chi connectivity index (χ3v) is 9.13. The van der Waals surface area contributed by atoms with E-state index in [4.69, 9.17) is 14.5 Å². The number of rotatable bonds is 7. The van der Waals surface area contributed by atoms with Crippen LogP contribution >= 0.6 is 0 Å². The minimum atomic E-state index is -4.46. The lowest BCUT2D eigenvalue weighted by Gasteiger charge is -2.29. The van der Waals surface area contributed by atoms with Crippen LogP contribution in [0.25, 0.3) is 22.0 Å². The van der Waals surface area contributed by atoms with Crippen molar-refractivity contribution in [1.29, 1.82) is 0 Å². The maximum absolute atomic E-state index is 14.4. The van der Waals surface area contributed by atoms with E-state index in [1.54, 1.807) is 6.07 Å². The normalized spacial score (nSPS) is 19.0. The number of fused-ring (bicyclic) bond motifs is 2. The lowest BCUT2D eigenvalue weighted by atomic mass is 9.97. The van der Waals surface area contributed by atoms with Crippen LogP contribution in [0.4, 0.5) is 13.2 Å². The number of carbonyl (C=O) groups is 1. The van der Waals surface area contributed by atoms with Crippen LogP contribution < -0.4 is 9.47 Å². The predicted molar refractivity (Wildman–Crippen MR) is 163 cm³/mol. The molecule has 0 spiro atoms. The monoisotopic (exact) mass is 617 g/mol. The van der Waals surface area contributed by atoms with E-state index in [-0.39, 0.29) is 25.2 Å². The lowest BCUT2D eigenvalue weighted by Crippen LogP contribution is -2.42. The van der Waals surface area contributed by atoms with Crippen molar-refractivity contribution in [3.63, 3.8) is 0 Å². The molecular weight excluding hydrogens is 583 g/mol. The quantitative estimate of drug-likeness (QED) is 0.251. The third-order valence-electron chi connectivity index (χ3n) is 9.13. The van der Waals surface area contributed by atoms with Crippen molar-refractivity contribution in [3.05, 3.63) is 89.1 Å². The predicted octanol–water partition coefficient (Wildman–Crippen LogP) is 6.63. The number of amides is 1. The van der Waals surface area contributed by atoms with Gasteiger partial charge in [-0.1, -0.05) is 24.3 Å². The molecule has 2 fully saturated rings. The molecule has 0 radical (unpaired) electrons. The summed E-state index contributed by atoms with van der Waals surface area (Å²) in [6, 6.07) is 17.9. The summed E-state index contributed by atoms with van der Waals surface area (Å²) in [6.07, 6.45) is -1.25. The molecule has 0 aliphatic carbocycles. The highest BCUT2D eigenvalue weighted by molar-refractivity contribution is 6.07. The summed E-state index contributed by atoms with van der Waals surface area (Å²) in [7, 11) is 0. The second-order valence-electron chi connectivity index (χ2n) is 12.1. The maximum Gasteiger partial charge on any atom is 0.416 e. The summed E-state index contributed by atoms with van der Waals surface area (Å²) in [6.45, 7) is 3.82. The largest absolute Gasteiger partial charge is 0.454 e. The molecule has 4 heterocycles. The van der Waals surface area contributed by atoms with Crippen LogP contribution in [0, 0.1) is 0 Å². The van der Waals surface area contributed by atoms with Gasteiger partial charge in [-0.05, 0) is 97.9 Å². The van der Waals surface area contributed by atoms with Crippen molar-refractivity contribution in [2.45, 2.75) is 50.4 Å². The molecule has 0 saturated carbocycles. The zero-order valence-corrected chi connectivity index (χ0v) is 24.7. The Morgan fingerprint density at radius 2 is 1.64 bits per heavy atom. The minimum Gasteiger partial charge on any atom is -0.454 e. The van der Waals surface area contributed by atoms with E-state index in [0.29, 0.717) is 45.8 Å². The van der Waals surface area contributed by atoms with Crippen LogP contribution in [0.15, 0.2) is 66.7 Å². The number of pyridine rings is 1. The lowest BCUT2D eigenvalue weighted by molar-refractivity contribution is -0.137. The van der Waals surface area contributed by atoms with Crippen molar-refractivity contribution in [2.75, 3.05) is 33.0 Å². The van der Waals surface area contributed by atoms with Gasteiger partial charge < -0.3 is 24.4 Å². The van der Waals surface area contributed by atoms with Gasteiger partial charge >= 0.3 is 6.18 Å². The van der Waals surface area contributed by atoms with E-state index >= 15 is 0 Å². The number of alkyl halides is 3. The first-order valence-corrected chi connectivity index (χ1v) is 15.5. The second-order valence-corrected chi connectivity index (χ2v) is 12.1. The van der Waals surface area contributed by atoms with Gasteiger partial charge in [0.25, 0.3) is 5.91 Å². The Bertz CT molecular complexity index is 1720. The summed E-state index contributed by atoms with van der Waals surface area (Å²) >= 11 is 0. The topological polar surface area (TPSA) is 75.1 Å². The van der Waals surface area contributed by atoms with Gasteiger partial charge in [0.05, 0.1) is 22.7 Å². The molecule has 7 rings (SSSR count). The molecule has 10 heteroatoms. The van der Waals surface area contributed by atoms with Crippen molar-refractivity contribution in [3.8, 4) is 22.6 Å². The molecule has 0 bridgehead atoms. The smallest absolute Gasteiger partial charge is 0.416 e. The Kier molecular flexibility index (Phi) is 7.87. The van der Waals surface area contributed by atoms with E-state index in [9.17, 15) is 23.1 Å². The summed E-state index contributed by atoms with van der Waals surface area (Å²) in [5.74, 6) is 1.28. The van der Waals surface area contributed by atoms with Crippen LogP contribution in [0.2, 0.25) is 0 Å². The van der Waals surface area contributed by atoms with Gasteiger partial charge in [-0.15, -0.1) is 0 Å². The number of ether oxygens (including phenoxy) is 2. The van der Waals surface area contributed by atoms with Gasteiger partial charge in [-0.25, -0.2) is 0 Å². The number of aliphatic hydroxyl groups is 1. The van der Waals surface area contributed by atoms with Crippen LogP contribution in [0.5, 0.6) is 11.5 Å². The number of benzene rings is 3. The van der Waals surface area contributed by atoms with Crippen LogP contribution in [0.1, 0.15) is 59.0 Å². The highest BCUT2D eigenvalue weighted by Crippen LogP contribution is 2.37. The SMILES string of the molecule is O=C(c1cc(CC(O)c2ccc(C(F)(F)F)cc2)nc2ccc(-c3ccc4c(c3)OCO4)cc12)N1CCC[C@H]1CN1CCCC1. The number of likely N-dealkylation sites (tertiary alicyclic amines) is 2. The fourth-order valence-electron chi connectivity index (χ4n) is 6.74. The molecule has 3 aromatic carbocycles. The summed E-state index contributed by atoms with van der Waals surface area (Å²) in [4.78, 5) is 23.6. The number of hydrogen-bond acceptors (Lipinski definition) is 6. The molecule has 1 amide bonds. The molecule has 2 atom stereocenters. The fourth-order valence-corrected chi connectivity index (χ4v) is 6.74. The average molecular weight is 618 g/mol. The Balaban J connectivity index is 1.24. The van der Waals surface area contributed by atoms with Crippen molar-refractivity contribution >= 4 is 16.8 Å². The second kappa shape index (κ2) is 12.0. The molecule has 1 aromatic heterocycles. The van der Waals surface area contributed by atoms with E-state index < -0.39 is 17.8 Å². The Morgan fingerprint density at radius 1 is 0.911 bits per heavy atom. The first-order valence-electron chi connectivity index (χ1n) is 15.5. The van der Waals surface area contributed by atoms with E-state index in [2.05, 4.69) is 4.90 Å². The van der Waals surface area contributed by atoms with Gasteiger partial charge in [0.1, 0.15) is 0 Å². The number of nitrogens with zero attached hydrogens (tertiary/aromatic N) is 3. The zero-order chi connectivity index (χ0) is 31.1. The van der Waals surface area contributed by atoms with Crippen molar-refractivity contribution < 1.29 is 32.5 Å². The van der Waals surface area contributed by atoms with Crippen LogP contribution in [0.3, 0.4) is 0 Å². The first kappa shape index (κ1) is 29.6. The molecular formula is C35H34F3N3O4. The molecule has 2 saturated heterocycles. The number of aromatic nitrogens is 1. The Morgan fingerprint density at radius 3 is 2.42 bits per heavy atom. The number of carbonyl (C=O) groups excluding carboxylic acids is 1. The zero-order valence-electron chi connectivity index (χ0n) is 24.7. The van der Waals surface area contributed by atoms with Crippen molar-refractivity contribution in [1.82, 2.24) is 14.8 Å². The molecule has 7 nitrogen and oxygen atoms in total. The van der Waals surface area contributed by atoms with E-state index in [0.717, 1.165) is 55.7 Å². The van der Waals surface area contributed by atoms with Crippen LogP contribution in [-0.2, 0) is 12.6 Å². The summed E-state index contributed by atoms with van der Waals surface area (Å²) in [5.41, 5.74) is 2.98. The van der Waals surface area contributed by atoms with Crippen LogP contribution in [-0.4, -0.2) is 64.8 Å². The molecule has 1 unspecified atom stereocenters. The first-order chi connectivity index (χ1) is 21.7. The number of hydrogen-bond donors (Lipinski definition) is 1. The highest BCUT2D eigenvalue weighted by atomic mass is 19.4. The van der Waals surface area contributed by atoms with E-state index in [1.165, 1.54) is 25.0 Å². The Hall–Kier alpha value is -4.15. The fraction of sp³-hybridized carbons (Fsp3) is 0.371. The molecule has 4 aromatic rings. The van der Waals surface area contributed by atoms with Gasteiger partial charge in [-0.2, -0.15) is 13.2 Å². The molecule has 234 valence electrons. The highest BCUT2D eigenvalue weighted by Gasteiger charge is 2.33. The number of aliphatic hydroxyl groups excluding tert-OH is 1. The molecule has 3 aliphatic rings. The van der Waals surface area contributed by atoms with Gasteiger partial charge in [-0.3, -0.25) is 9.78 Å². The maximum atomic E-state index is 14.4. The number of halogens is 3. The average Bonchev–Trinajstić information content (AvgIpc) is 3.82. The summed E-state index contributed by atoms with van der Waals surface area (Å²) < 4.78 is 50.3. The van der Waals surface area contributed by atoms with Crippen molar-refractivity contribution in [2.24, 2.45) is 0 Å². The summed E-state index contributed by atoms with van der Waals surface area (Å²) in [5, 5.41) is 11.7. The third kappa shape index (κ3) is 6.09. The standard InChI is InChI=1S/C35H34F3N3O4/c36-35(37,38)25-9-5-22(6-10-25)31(42)19-26-18-29(34(43)41-15-3-4-27(41)20-40-13-1-2-14-40)28-16-23(7-11-30(28)39-26)24-8-12-32-33(17-24)45-21-44-32/h5-12,16-18,27,31,42H,1-4,13-15,19-21H2/t27-,31?/m0/s1. The minimum absolute atomic E-state index is 0.0443. The Labute approximate surface area is 259 Å². The van der Waals surface area contributed by atoms with Gasteiger partial charge in [0, 0.05) is 36.6 Å². The molecule has 3 aliphatic heterocycles.